The number of ether oxygens (including phenoxy) is 1. The van der Waals surface area contributed by atoms with E-state index in [0.717, 1.165) is 19.3 Å². The van der Waals surface area contributed by atoms with Crippen molar-refractivity contribution in [1.82, 2.24) is 9.80 Å². The molecular weight excluding hydrogens is 388 g/mol. The molecule has 0 spiro atoms. The smallest absolute Gasteiger partial charge is 0.307 e. The van der Waals surface area contributed by atoms with Gasteiger partial charge in [-0.05, 0) is 52.6 Å². The minimum absolute atomic E-state index is 0.000623. The number of carbonyl (C=O) groups excluding carboxylic acids is 2. The zero-order valence-electron chi connectivity index (χ0n) is 21.0. The second-order valence-corrected chi connectivity index (χ2v) is 8.87. The Labute approximate surface area is 192 Å². The minimum Gasteiger partial charge on any atom is -0.444 e. The van der Waals surface area contributed by atoms with Crippen molar-refractivity contribution < 1.29 is 14.3 Å². The molecule has 0 aromatic rings. The summed E-state index contributed by atoms with van der Waals surface area (Å²) in [6.07, 6.45) is 22.1. The van der Waals surface area contributed by atoms with Crippen LogP contribution in [0.1, 0.15) is 110 Å². The monoisotopic (exact) mass is 438 g/mol. The second-order valence-electron chi connectivity index (χ2n) is 8.87. The highest BCUT2D eigenvalue weighted by Gasteiger charge is 2.15. The number of carbonyl (C=O) groups is 2. The summed E-state index contributed by atoms with van der Waals surface area (Å²) in [6.45, 7) is 5.31. The lowest BCUT2D eigenvalue weighted by Crippen LogP contribution is -2.40. The third kappa shape index (κ3) is 20.3. The number of amides is 1. The van der Waals surface area contributed by atoms with Crippen molar-refractivity contribution in [2.24, 2.45) is 0 Å². The van der Waals surface area contributed by atoms with E-state index in [2.05, 4.69) is 19.1 Å². The Morgan fingerprint density at radius 3 is 1.84 bits per heavy atom. The number of nitrogens with zero attached hydrogens (tertiary/aromatic N) is 2. The predicted octanol–water partition coefficient (Wildman–Crippen LogP) is 6.32. The fraction of sp³-hybridized carbons (Fsp3) is 0.846. The summed E-state index contributed by atoms with van der Waals surface area (Å²) in [6, 6.07) is 0. The van der Waals surface area contributed by atoms with Gasteiger partial charge in [0.1, 0.15) is 0 Å². The Kier molecular flexibility index (Phi) is 20.9. The van der Waals surface area contributed by atoms with Gasteiger partial charge in [0.15, 0.2) is 6.73 Å². The molecule has 0 radical (unpaired) electrons. The van der Waals surface area contributed by atoms with E-state index in [1.165, 1.54) is 70.6 Å². The van der Waals surface area contributed by atoms with Gasteiger partial charge in [0, 0.05) is 13.0 Å². The lowest BCUT2D eigenvalue weighted by atomic mass is 10.1. The van der Waals surface area contributed by atoms with Crippen LogP contribution in [0.25, 0.3) is 0 Å². The van der Waals surface area contributed by atoms with Gasteiger partial charge in [0.2, 0.25) is 5.91 Å². The van der Waals surface area contributed by atoms with Crippen molar-refractivity contribution in [3.8, 4) is 0 Å². The summed E-state index contributed by atoms with van der Waals surface area (Å²) in [5, 5.41) is 0. The van der Waals surface area contributed by atoms with Crippen molar-refractivity contribution in [1.29, 1.82) is 0 Å². The molecule has 0 aliphatic rings. The average Bonchev–Trinajstić information content (AvgIpc) is 2.73. The first-order chi connectivity index (χ1) is 15.0. The molecule has 0 fully saturated rings. The number of unbranched alkanes of at least 4 members (excludes halogenated alkanes) is 11. The van der Waals surface area contributed by atoms with Crippen LogP contribution in [0.4, 0.5) is 0 Å². The van der Waals surface area contributed by atoms with Gasteiger partial charge in [-0.3, -0.25) is 9.59 Å². The van der Waals surface area contributed by atoms with Crippen LogP contribution in [0.2, 0.25) is 0 Å². The molecule has 5 heteroatoms. The van der Waals surface area contributed by atoms with Gasteiger partial charge < -0.3 is 14.5 Å². The third-order valence-corrected chi connectivity index (χ3v) is 5.32. The van der Waals surface area contributed by atoms with E-state index in [0.29, 0.717) is 19.5 Å². The van der Waals surface area contributed by atoms with E-state index < -0.39 is 0 Å². The number of hydrogen-bond donors (Lipinski definition) is 0. The highest BCUT2D eigenvalue weighted by atomic mass is 16.5. The van der Waals surface area contributed by atoms with Crippen molar-refractivity contribution in [2.45, 2.75) is 110 Å². The quantitative estimate of drug-likeness (QED) is 0.0910. The highest BCUT2D eigenvalue weighted by molar-refractivity contribution is 5.78. The van der Waals surface area contributed by atoms with Crippen LogP contribution in [0.5, 0.6) is 0 Å². The Balaban J connectivity index is 3.60. The number of hydrogen-bond acceptors (Lipinski definition) is 4. The highest BCUT2D eigenvalue weighted by Crippen LogP contribution is 2.10. The van der Waals surface area contributed by atoms with Gasteiger partial charge >= 0.3 is 5.97 Å². The molecule has 0 aliphatic carbocycles. The number of allylic oxidation sites excluding steroid dienone is 2. The van der Waals surface area contributed by atoms with Gasteiger partial charge in [0.05, 0.1) is 6.54 Å². The van der Waals surface area contributed by atoms with Crippen LogP contribution >= 0.6 is 0 Å². The first-order valence-electron chi connectivity index (χ1n) is 12.7. The molecule has 0 saturated carbocycles. The van der Waals surface area contributed by atoms with E-state index in [1.54, 1.807) is 4.90 Å². The van der Waals surface area contributed by atoms with E-state index in [4.69, 9.17) is 4.74 Å². The van der Waals surface area contributed by atoms with Crippen LogP contribution in [0, 0.1) is 0 Å². The fourth-order valence-corrected chi connectivity index (χ4v) is 3.46. The lowest BCUT2D eigenvalue weighted by Gasteiger charge is -2.23. The predicted molar refractivity (Wildman–Crippen MR) is 131 cm³/mol. The molecule has 31 heavy (non-hydrogen) atoms. The normalized spacial score (nSPS) is 11.4. The zero-order valence-corrected chi connectivity index (χ0v) is 21.0. The molecule has 0 unspecified atom stereocenters. The lowest BCUT2D eigenvalue weighted by molar-refractivity contribution is -0.153. The average molecular weight is 439 g/mol. The van der Waals surface area contributed by atoms with Gasteiger partial charge in [-0.25, -0.2) is 0 Å². The van der Waals surface area contributed by atoms with Crippen LogP contribution in [-0.2, 0) is 14.3 Å². The maximum absolute atomic E-state index is 12.2. The summed E-state index contributed by atoms with van der Waals surface area (Å²) < 4.78 is 5.32. The maximum atomic E-state index is 12.2. The number of rotatable bonds is 21. The van der Waals surface area contributed by atoms with E-state index in [9.17, 15) is 9.59 Å². The molecule has 0 atom stereocenters. The molecule has 0 aromatic carbocycles. The van der Waals surface area contributed by atoms with Gasteiger partial charge in [0.25, 0.3) is 0 Å². The SMILES string of the molecule is CCCCCCCC/C=C\CCCCCCCC(=O)OCN(CCC)C(=O)CN(C)C. The summed E-state index contributed by atoms with van der Waals surface area (Å²) in [5.74, 6) is -0.197. The van der Waals surface area contributed by atoms with Crippen molar-refractivity contribution in [2.75, 3.05) is 33.9 Å². The topological polar surface area (TPSA) is 49.9 Å². The Morgan fingerprint density at radius 2 is 1.29 bits per heavy atom. The number of likely N-dealkylation sites (N-methyl/N-ethyl adjacent to an activating group) is 1. The van der Waals surface area contributed by atoms with Crippen molar-refractivity contribution in [3.05, 3.63) is 12.2 Å². The van der Waals surface area contributed by atoms with Gasteiger partial charge in [-0.1, -0.05) is 77.4 Å². The Morgan fingerprint density at radius 1 is 0.742 bits per heavy atom. The van der Waals surface area contributed by atoms with Gasteiger partial charge in [-0.15, -0.1) is 0 Å². The molecule has 0 rings (SSSR count). The molecule has 1 amide bonds. The molecule has 0 bridgehead atoms. The summed E-state index contributed by atoms with van der Waals surface area (Å²) in [5.41, 5.74) is 0. The van der Waals surface area contributed by atoms with Crippen molar-refractivity contribution >= 4 is 11.9 Å². The second kappa shape index (κ2) is 21.9. The Bertz CT molecular complexity index is 464. The summed E-state index contributed by atoms with van der Waals surface area (Å²) in [4.78, 5) is 27.6. The van der Waals surface area contributed by atoms with Gasteiger partial charge in [-0.2, -0.15) is 0 Å². The van der Waals surface area contributed by atoms with E-state index in [-0.39, 0.29) is 18.6 Å². The molecule has 0 N–H and O–H groups in total. The fourth-order valence-electron chi connectivity index (χ4n) is 3.46. The standard InChI is InChI=1S/C26H50N2O3/c1-5-7-8-9-10-11-12-13-14-15-16-17-18-19-20-21-26(30)31-24-28(22-6-2)25(29)23-27(3)4/h13-14H,5-12,15-24H2,1-4H3/b14-13-. The zero-order chi connectivity index (χ0) is 23.2. The van der Waals surface area contributed by atoms with Crippen LogP contribution < -0.4 is 0 Å². The molecule has 0 heterocycles. The maximum Gasteiger partial charge on any atom is 0.307 e. The van der Waals surface area contributed by atoms with Crippen LogP contribution in [0.15, 0.2) is 12.2 Å². The summed E-state index contributed by atoms with van der Waals surface area (Å²) >= 11 is 0. The van der Waals surface area contributed by atoms with E-state index in [1.807, 2.05) is 25.9 Å². The molecule has 182 valence electrons. The first kappa shape index (κ1) is 29.6. The first-order valence-corrected chi connectivity index (χ1v) is 12.7. The van der Waals surface area contributed by atoms with Crippen molar-refractivity contribution in [3.63, 3.8) is 0 Å². The molecule has 0 aromatic heterocycles. The van der Waals surface area contributed by atoms with E-state index >= 15 is 0 Å². The van der Waals surface area contributed by atoms with Crippen LogP contribution in [0.3, 0.4) is 0 Å². The molecule has 5 nitrogen and oxygen atoms in total. The minimum atomic E-state index is -0.198. The molecule has 0 saturated heterocycles. The molecule has 0 aliphatic heterocycles. The number of esters is 1. The Hall–Kier alpha value is -1.36. The summed E-state index contributed by atoms with van der Waals surface area (Å²) in [7, 11) is 3.72. The van der Waals surface area contributed by atoms with Crippen LogP contribution in [-0.4, -0.2) is 55.6 Å². The molecular formula is C26H50N2O3. The largest absolute Gasteiger partial charge is 0.444 e. The third-order valence-electron chi connectivity index (χ3n) is 5.32.